The van der Waals surface area contributed by atoms with Crippen molar-refractivity contribution in [3.05, 3.63) is 60.3 Å². The Morgan fingerprint density at radius 2 is 2.09 bits per heavy atom. The molecule has 5 rings (SSSR count). The topological polar surface area (TPSA) is 55.9 Å². The Hall–Kier alpha value is -2.40. The van der Waals surface area contributed by atoms with E-state index in [1.165, 1.54) is 11.1 Å². The molecule has 22 heavy (non-hydrogen) atoms. The molecular weight excluding hydrogens is 276 g/mol. The molecule has 1 aromatic carbocycles. The molecule has 4 heterocycles. The zero-order valence-electron chi connectivity index (χ0n) is 12.0. The van der Waals surface area contributed by atoms with E-state index in [1.54, 1.807) is 6.20 Å². The third-order valence-electron chi connectivity index (χ3n) is 5.06. The predicted octanol–water partition coefficient (Wildman–Crippen LogP) is 2.40. The van der Waals surface area contributed by atoms with Crippen LogP contribution in [0.2, 0.25) is 0 Å². The molecule has 1 N–H and O–H groups in total. The van der Waals surface area contributed by atoms with Gasteiger partial charge in [0.15, 0.2) is 0 Å². The number of imidazole rings is 1. The highest BCUT2D eigenvalue weighted by molar-refractivity contribution is 5.69. The van der Waals surface area contributed by atoms with Crippen LogP contribution in [0.1, 0.15) is 29.8 Å². The molecule has 2 aliphatic heterocycles. The van der Waals surface area contributed by atoms with Crippen LogP contribution in [0.4, 0.5) is 0 Å². The fourth-order valence-electron chi connectivity index (χ4n) is 4.07. The summed E-state index contributed by atoms with van der Waals surface area (Å²) in [5, 5.41) is 15.1. The van der Waals surface area contributed by atoms with Crippen molar-refractivity contribution in [1.82, 2.24) is 19.3 Å². The van der Waals surface area contributed by atoms with Gasteiger partial charge in [-0.3, -0.25) is 4.68 Å². The first-order valence-corrected chi connectivity index (χ1v) is 7.65. The largest absolute Gasteiger partial charge is 0.386 e. The minimum atomic E-state index is -0.498. The van der Waals surface area contributed by atoms with Gasteiger partial charge in [0.2, 0.25) is 0 Å². The van der Waals surface area contributed by atoms with Crippen molar-refractivity contribution < 1.29 is 5.11 Å². The van der Waals surface area contributed by atoms with E-state index in [2.05, 4.69) is 38.9 Å². The molecular formula is C17H16N4O. The number of hydrogen-bond acceptors (Lipinski definition) is 3. The van der Waals surface area contributed by atoms with Crippen molar-refractivity contribution in [2.24, 2.45) is 5.92 Å². The van der Waals surface area contributed by atoms with E-state index in [0.717, 1.165) is 24.4 Å². The molecule has 5 nitrogen and oxygen atoms in total. The van der Waals surface area contributed by atoms with Crippen LogP contribution in [0.5, 0.6) is 0 Å². The Morgan fingerprint density at radius 1 is 1.18 bits per heavy atom. The number of rotatable bonds is 1. The number of nitrogens with zero attached hydrogens (tertiary/aromatic N) is 4. The fraction of sp³-hybridized carbons (Fsp3) is 0.294. The lowest BCUT2D eigenvalue weighted by Crippen LogP contribution is -2.31. The van der Waals surface area contributed by atoms with Crippen LogP contribution in [0.15, 0.2) is 49.1 Å². The van der Waals surface area contributed by atoms with Gasteiger partial charge in [-0.25, -0.2) is 4.98 Å². The molecule has 0 saturated carbocycles. The number of benzene rings is 1. The molecule has 0 radical (unpaired) electrons. The Bertz CT molecular complexity index is 850. The zero-order valence-corrected chi connectivity index (χ0v) is 12.0. The van der Waals surface area contributed by atoms with E-state index in [-0.39, 0.29) is 12.0 Å². The number of aliphatic hydroxyl groups excluding tert-OH is 1. The molecule has 2 aromatic heterocycles. The van der Waals surface area contributed by atoms with E-state index in [0.29, 0.717) is 0 Å². The van der Waals surface area contributed by atoms with E-state index in [1.807, 2.05) is 23.3 Å². The molecule has 1 unspecified atom stereocenters. The second-order valence-corrected chi connectivity index (χ2v) is 6.09. The Kier molecular flexibility index (Phi) is 2.38. The molecule has 0 spiro atoms. The number of hydrogen-bond donors (Lipinski definition) is 1. The molecule has 3 aromatic rings. The molecule has 2 aliphatic rings. The second-order valence-electron chi connectivity index (χ2n) is 6.09. The van der Waals surface area contributed by atoms with E-state index in [9.17, 15) is 5.11 Å². The fourth-order valence-corrected chi connectivity index (χ4v) is 4.07. The van der Waals surface area contributed by atoms with Gasteiger partial charge < -0.3 is 9.67 Å². The Balaban J connectivity index is 1.65. The maximum absolute atomic E-state index is 10.9. The van der Waals surface area contributed by atoms with Crippen LogP contribution in [0, 0.1) is 5.92 Å². The van der Waals surface area contributed by atoms with Crippen LogP contribution in [-0.4, -0.2) is 24.4 Å². The summed E-state index contributed by atoms with van der Waals surface area (Å²) in [4.78, 5) is 4.31. The number of aliphatic hydroxyl groups is 1. The summed E-state index contributed by atoms with van der Waals surface area (Å²) in [6.45, 7) is 0.854. The normalized spacial score (nSPS) is 25.6. The second kappa shape index (κ2) is 4.30. The third-order valence-corrected chi connectivity index (χ3v) is 5.06. The molecule has 0 aliphatic carbocycles. The lowest BCUT2D eigenvalue weighted by atomic mass is 9.83. The maximum Gasteiger partial charge on any atom is 0.101 e. The first kappa shape index (κ1) is 12.2. The Morgan fingerprint density at radius 3 is 3.05 bits per heavy atom. The molecule has 0 fully saturated rings. The van der Waals surface area contributed by atoms with Gasteiger partial charge in [-0.15, -0.1) is 0 Å². The lowest BCUT2D eigenvalue weighted by molar-refractivity contribution is 0.0525. The summed E-state index contributed by atoms with van der Waals surface area (Å²) < 4.78 is 4.13. The smallest absolute Gasteiger partial charge is 0.101 e. The summed E-state index contributed by atoms with van der Waals surface area (Å²) in [6, 6.07) is 10.5. The number of aryl methyl sites for hydroxylation is 1. The van der Waals surface area contributed by atoms with Crippen LogP contribution in [0.25, 0.3) is 11.3 Å². The summed E-state index contributed by atoms with van der Waals surface area (Å²) in [5.41, 5.74) is 4.59. The van der Waals surface area contributed by atoms with Crippen LogP contribution in [0.3, 0.4) is 0 Å². The molecule has 3 atom stereocenters. The van der Waals surface area contributed by atoms with E-state index < -0.39 is 6.10 Å². The lowest BCUT2D eigenvalue weighted by Gasteiger charge is -2.34. The first-order valence-electron chi connectivity index (χ1n) is 7.65. The van der Waals surface area contributed by atoms with E-state index >= 15 is 0 Å². The maximum atomic E-state index is 10.9. The summed E-state index contributed by atoms with van der Waals surface area (Å²) >= 11 is 0. The van der Waals surface area contributed by atoms with Crippen molar-refractivity contribution in [1.29, 1.82) is 0 Å². The minimum Gasteiger partial charge on any atom is -0.386 e. The third kappa shape index (κ3) is 1.46. The van der Waals surface area contributed by atoms with Crippen molar-refractivity contribution in [3.8, 4) is 11.3 Å². The molecule has 0 amide bonds. The first-order chi connectivity index (χ1) is 10.8. The van der Waals surface area contributed by atoms with Gasteiger partial charge >= 0.3 is 0 Å². The summed E-state index contributed by atoms with van der Waals surface area (Å²) in [5.74, 6) is 0.140. The van der Waals surface area contributed by atoms with Gasteiger partial charge in [-0.05, 0) is 18.1 Å². The highest BCUT2D eigenvalue weighted by Crippen LogP contribution is 2.48. The number of fused-ring (bicyclic) bond motifs is 4. The molecule has 5 heteroatoms. The average molecular weight is 292 g/mol. The van der Waals surface area contributed by atoms with Gasteiger partial charge in [0, 0.05) is 24.2 Å². The molecule has 0 bridgehead atoms. The standard InChI is InChI=1S/C17H16N4O/c22-17-13(6-8-21-14(17)5-7-19-21)16-12-4-2-1-3-11(12)15-9-18-10-20(15)16/h1-5,7,9-10,13,16-17,22H,6,8H2/t13-,16?,17+/m0/s1. The van der Waals surface area contributed by atoms with Crippen LogP contribution in [-0.2, 0) is 6.54 Å². The van der Waals surface area contributed by atoms with Gasteiger partial charge in [0.05, 0.1) is 30.0 Å². The predicted molar refractivity (Wildman–Crippen MR) is 81.1 cm³/mol. The van der Waals surface area contributed by atoms with Crippen molar-refractivity contribution in [2.45, 2.75) is 25.1 Å². The van der Waals surface area contributed by atoms with Gasteiger partial charge in [0.25, 0.3) is 0 Å². The summed E-state index contributed by atoms with van der Waals surface area (Å²) in [6.07, 6.45) is 5.98. The Labute approximate surface area is 127 Å². The monoisotopic (exact) mass is 292 g/mol. The van der Waals surface area contributed by atoms with Crippen molar-refractivity contribution in [2.75, 3.05) is 0 Å². The SMILES string of the molecule is O[C@H]1c2ccnn2CC[C@H]1C1c2ccccc2-c2cncn21. The number of aromatic nitrogens is 4. The van der Waals surface area contributed by atoms with Crippen LogP contribution >= 0.6 is 0 Å². The average Bonchev–Trinajstić information content (AvgIpc) is 3.23. The van der Waals surface area contributed by atoms with Crippen molar-refractivity contribution >= 4 is 0 Å². The molecule has 0 saturated heterocycles. The highest BCUT2D eigenvalue weighted by atomic mass is 16.3. The molecule has 110 valence electrons. The minimum absolute atomic E-state index is 0.140. The quantitative estimate of drug-likeness (QED) is 0.749. The van der Waals surface area contributed by atoms with E-state index in [4.69, 9.17) is 0 Å². The van der Waals surface area contributed by atoms with Crippen molar-refractivity contribution in [3.63, 3.8) is 0 Å². The summed E-state index contributed by atoms with van der Waals surface area (Å²) in [7, 11) is 0. The zero-order chi connectivity index (χ0) is 14.7. The van der Waals surface area contributed by atoms with Gasteiger partial charge in [-0.2, -0.15) is 5.10 Å². The van der Waals surface area contributed by atoms with Crippen LogP contribution < -0.4 is 0 Å². The highest BCUT2D eigenvalue weighted by Gasteiger charge is 2.40. The van der Waals surface area contributed by atoms with Gasteiger partial charge in [-0.1, -0.05) is 24.3 Å². The van der Waals surface area contributed by atoms with Gasteiger partial charge in [0.1, 0.15) is 6.10 Å².